The highest BCUT2D eigenvalue weighted by atomic mass is 79.9. The van der Waals surface area contributed by atoms with Crippen LogP contribution < -0.4 is 0 Å². The van der Waals surface area contributed by atoms with E-state index in [1.807, 2.05) is 42.6 Å². The Labute approximate surface area is 130 Å². The van der Waals surface area contributed by atoms with Gasteiger partial charge in [0.2, 0.25) is 5.78 Å². The molecule has 3 rings (SSSR count). The normalized spacial score (nSPS) is 11.2. The maximum atomic E-state index is 6.09. The molecule has 0 atom stereocenters. The van der Waals surface area contributed by atoms with Crippen LogP contribution in [0.5, 0.6) is 0 Å². The molecule has 2 aromatic heterocycles. The molecule has 3 nitrogen and oxygen atoms in total. The van der Waals surface area contributed by atoms with Crippen LogP contribution in [0.25, 0.3) is 17.0 Å². The van der Waals surface area contributed by atoms with Crippen LogP contribution in [0.2, 0.25) is 5.02 Å². The van der Waals surface area contributed by atoms with Gasteiger partial charge in [0.05, 0.1) is 15.9 Å². The number of aryl methyl sites for hydroxylation is 3. The molecule has 102 valence electrons. The third-order valence-electron chi connectivity index (χ3n) is 3.43. The van der Waals surface area contributed by atoms with Gasteiger partial charge >= 0.3 is 0 Å². The Morgan fingerprint density at radius 2 is 1.90 bits per heavy atom. The summed E-state index contributed by atoms with van der Waals surface area (Å²) < 4.78 is 3.00. The molecular weight excluding hydrogens is 338 g/mol. The van der Waals surface area contributed by atoms with Crippen LogP contribution >= 0.6 is 27.5 Å². The zero-order valence-corrected chi connectivity index (χ0v) is 13.7. The molecule has 5 heteroatoms. The fourth-order valence-electron chi connectivity index (χ4n) is 2.26. The van der Waals surface area contributed by atoms with Gasteiger partial charge in [0.1, 0.15) is 0 Å². The molecule has 0 amide bonds. The number of rotatable bonds is 1. The Bertz CT molecular complexity index is 824. The summed E-state index contributed by atoms with van der Waals surface area (Å²) >= 11 is 9.65. The van der Waals surface area contributed by atoms with E-state index >= 15 is 0 Å². The van der Waals surface area contributed by atoms with Gasteiger partial charge in [-0.1, -0.05) is 17.7 Å². The van der Waals surface area contributed by atoms with E-state index in [0.29, 0.717) is 10.8 Å². The first-order chi connectivity index (χ1) is 9.47. The molecule has 0 N–H and O–H groups in total. The van der Waals surface area contributed by atoms with Crippen molar-refractivity contribution >= 4 is 33.3 Å². The Kier molecular flexibility index (Phi) is 3.30. The zero-order chi connectivity index (χ0) is 14.4. The Hall–Kier alpha value is -1.39. The first-order valence-electron chi connectivity index (χ1n) is 6.25. The van der Waals surface area contributed by atoms with Crippen LogP contribution in [0.4, 0.5) is 0 Å². The molecule has 0 saturated carbocycles. The van der Waals surface area contributed by atoms with Crippen molar-refractivity contribution in [3.8, 4) is 11.3 Å². The lowest BCUT2D eigenvalue weighted by atomic mass is 10.1. The first kappa shape index (κ1) is 13.6. The molecule has 0 aliphatic heterocycles. The van der Waals surface area contributed by atoms with Gasteiger partial charge in [-0.3, -0.25) is 4.40 Å². The van der Waals surface area contributed by atoms with E-state index < -0.39 is 0 Å². The molecule has 3 aromatic rings. The molecule has 0 unspecified atom stereocenters. The van der Waals surface area contributed by atoms with E-state index in [-0.39, 0.29) is 0 Å². The van der Waals surface area contributed by atoms with Crippen LogP contribution in [0.3, 0.4) is 0 Å². The van der Waals surface area contributed by atoms with Crippen molar-refractivity contribution in [2.45, 2.75) is 20.8 Å². The van der Waals surface area contributed by atoms with Crippen molar-refractivity contribution in [1.82, 2.24) is 14.4 Å². The summed E-state index contributed by atoms with van der Waals surface area (Å²) in [6.45, 7) is 6.06. The second-order valence-corrected chi connectivity index (χ2v) is 6.08. The summed E-state index contributed by atoms with van der Waals surface area (Å²) in [6.07, 6.45) is 2.00. The third-order valence-corrected chi connectivity index (χ3v) is 4.81. The van der Waals surface area contributed by atoms with Gasteiger partial charge in [0.25, 0.3) is 0 Å². The van der Waals surface area contributed by atoms with E-state index in [0.717, 1.165) is 32.7 Å². The number of hydrogen-bond acceptors (Lipinski definition) is 2. The maximum Gasteiger partial charge on any atom is 0.234 e. The predicted molar refractivity (Wildman–Crippen MR) is 85.3 cm³/mol. The summed E-state index contributed by atoms with van der Waals surface area (Å²) in [5.41, 5.74) is 5.10. The second-order valence-electron chi connectivity index (χ2n) is 4.85. The van der Waals surface area contributed by atoms with Crippen molar-refractivity contribution in [3.63, 3.8) is 0 Å². The van der Waals surface area contributed by atoms with Crippen molar-refractivity contribution in [2.24, 2.45) is 0 Å². The average Bonchev–Trinajstić information content (AvgIpc) is 2.83. The molecule has 0 aliphatic rings. The van der Waals surface area contributed by atoms with Crippen LogP contribution in [0, 0.1) is 20.8 Å². The minimum Gasteiger partial charge on any atom is -0.287 e. The third kappa shape index (κ3) is 2.13. The molecule has 0 spiro atoms. The molecule has 0 aliphatic carbocycles. The van der Waals surface area contributed by atoms with Crippen molar-refractivity contribution in [1.29, 1.82) is 0 Å². The van der Waals surface area contributed by atoms with Gasteiger partial charge in [0.15, 0.2) is 0 Å². The number of nitrogens with zero attached hydrogens (tertiary/aromatic N) is 3. The number of aromatic nitrogens is 3. The van der Waals surface area contributed by atoms with Crippen LogP contribution in [0.1, 0.15) is 17.0 Å². The Morgan fingerprint density at radius 1 is 1.15 bits per heavy atom. The molecule has 1 aromatic carbocycles. The predicted octanol–water partition coefficient (Wildman–Crippen LogP) is 4.74. The summed E-state index contributed by atoms with van der Waals surface area (Å²) in [7, 11) is 0. The van der Waals surface area contributed by atoms with E-state index in [9.17, 15) is 0 Å². The topological polar surface area (TPSA) is 30.2 Å². The zero-order valence-electron chi connectivity index (χ0n) is 11.4. The fraction of sp³-hybridized carbons (Fsp3) is 0.200. The minimum atomic E-state index is 0.706. The quantitative estimate of drug-likeness (QED) is 0.634. The van der Waals surface area contributed by atoms with Gasteiger partial charge in [-0.2, -0.15) is 0 Å². The number of halogens is 2. The number of fused-ring (bicyclic) bond motifs is 1. The SMILES string of the molecule is Cc1ccc(Cl)cc1-c1cn2c(C)c(Br)c(C)nc2n1. The molecule has 20 heavy (non-hydrogen) atoms. The lowest BCUT2D eigenvalue weighted by Gasteiger charge is -2.04. The standard InChI is InChI=1S/C15H13BrClN3/c1-8-4-5-11(17)6-12(8)13-7-20-10(3)14(16)9(2)18-15(20)19-13/h4-7H,1-3H3. The molecule has 0 bridgehead atoms. The van der Waals surface area contributed by atoms with Gasteiger partial charge in [-0.05, 0) is 54.4 Å². The van der Waals surface area contributed by atoms with E-state index in [1.165, 1.54) is 0 Å². The van der Waals surface area contributed by atoms with Crippen molar-refractivity contribution < 1.29 is 0 Å². The first-order valence-corrected chi connectivity index (χ1v) is 7.43. The maximum absolute atomic E-state index is 6.09. The largest absolute Gasteiger partial charge is 0.287 e. The molecule has 2 heterocycles. The van der Waals surface area contributed by atoms with Crippen LogP contribution in [0.15, 0.2) is 28.9 Å². The summed E-state index contributed by atoms with van der Waals surface area (Å²) in [4.78, 5) is 9.13. The van der Waals surface area contributed by atoms with Crippen LogP contribution in [-0.4, -0.2) is 14.4 Å². The fourth-order valence-corrected chi connectivity index (χ4v) is 2.71. The second kappa shape index (κ2) is 4.86. The summed E-state index contributed by atoms with van der Waals surface area (Å²) in [5, 5.41) is 0.713. The highest BCUT2D eigenvalue weighted by Gasteiger charge is 2.12. The van der Waals surface area contributed by atoms with Gasteiger partial charge in [-0.15, -0.1) is 0 Å². The average molecular weight is 351 g/mol. The van der Waals surface area contributed by atoms with Gasteiger partial charge < -0.3 is 0 Å². The van der Waals surface area contributed by atoms with E-state index in [2.05, 4.69) is 32.8 Å². The van der Waals surface area contributed by atoms with Gasteiger partial charge in [0, 0.05) is 22.5 Å². The minimum absolute atomic E-state index is 0.706. The van der Waals surface area contributed by atoms with Crippen molar-refractivity contribution in [3.05, 3.63) is 50.8 Å². The van der Waals surface area contributed by atoms with Crippen LogP contribution in [-0.2, 0) is 0 Å². The van der Waals surface area contributed by atoms with E-state index in [4.69, 9.17) is 11.6 Å². The molecule has 0 saturated heterocycles. The lowest BCUT2D eigenvalue weighted by molar-refractivity contribution is 0.996. The summed E-state index contributed by atoms with van der Waals surface area (Å²) in [6, 6.07) is 5.83. The smallest absolute Gasteiger partial charge is 0.234 e. The summed E-state index contributed by atoms with van der Waals surface area (Å²) in [5.74, 6) is 0.706. The number of benzene rings is 1. The molecular formula is C15H13BrClN3. The Morgan fingerprint density at radius 3 is 2.65 bits per heavy atom. The van der Waals surface area contributed by atoms with Gasteiger partial charge in [-0.25, -0.2) is 9.97 Å². The highest BCUT2D eigenvalue weighted by Crippen LogP contribution is 2.28. The number of hydrogen-bond donors (Lipinski definition) is 0. The molecule has 0 fully saturated rings. The highest BCUT2D eigenvalue weighted by molar-refractivity contribution is 9.10. The van der Waals surface area contributed by atoms with E-state index in [1.54, 1.807) is 0 Å². The molecule has 0 radical (unpaired) electrons. The Balaban J connectivity index is 2.28. The number of imidazole rings is 1. The lowest BCUT2D eigenvalue weighted by Crippen LogP contribution is -1.97. The van der Waals surface area contributed by atoms with Crippen molar-refractivity contribution in [2.75, 3.05) is 0 Å². The monoisotopic (exact) mass is 349 g/mol.